The van der Waals surface area contributed by atoms with Crippen molar-refractivity contribution in [3.63, 3.8) is 0 Å². The Balaban J connectivity index is 0. The number of phosphoric ester groups is 1. The monoisotopic (exact) mass is 493 g/mol. The van der Waals surface area contributed by atoms with Crippen molar-refractivity contribution in [2.45, 2.75) is 97.8 Å². The largest absolute Gasteiger partial charge is 2.00 e. The molecule has 172 valence electrons. The molecule has 0 bridgehead atoms. The summed E-state index contributed by atoms with van der Waals surface area (Å²) in [6.45, 7) is 6.01. The summed E-state index contributed by atoms with van der Waals surface area (Å²) in [6, 6.07) is 0. The molecule has 0 fully saturated rings. The van der Waals surface area contributed by atoms with Gasteiger partial charge in [0.05, 0.1) is 19.8 Å². The van der Waals surface area contributed by atoms with E-state index < -0.39 is 15.6 Å². The van der Waals surface area contributed by atoms with Crippen LogP contribution < -0.4 is 4.89 Å². The van der Waals surface area contributed by atoms with Crippen molar-refractivity contribution in [3.05, 3.63) is 0 Å². The minimum absolute atomic E-state index is 0. The maximum atomic E-state index is 12.7. The molecule has 0 aromatic heterocycles. The van der Waals surface area contributed by atoms with Gasteiger partial charge in [-0.15, -0.1) is 0 Å². The molecule has 1 unspecified atom stereocenters. The molecule has 0 radical (unpaired) electrons. The Labute approximate surface area is 191 Å². The Morgan fingerprint density at radius 2 is 1.10 bits per heavy atom. The van der Waals surface area contributed by atoms with Crippen LogP contribution in [0.5, 0.6) is 0 Å². The predicted octanol–water partition coefficient (Wildman–Crippen LogP) is 6.30. The molecule has 0 aliphatic heterocycles. The summed E-state index contributed by atoms with van der Waals surface area (Å²) in [6.07, 6.45) is 12.1. The SMILES string of the molecule is CCCCCCCCOP(=O)(OCCCCCCCC)OP(=O)([O-])OOCC.[Ti+2]. The first kappa shape index (κ1) is 32.1. The number of rotatable bonds is 21. The minimum atomic E-state index is -4.96. The molecule has 0 aliphatic rings. The fourth-order valence-electron chi connectivity index (χ4n) is 2.46. The van der Waals surface area contributed by atoms with Crippen LogP contribution in [-0.4, -0.2) is 19.8 Å². The van der Waals surface area contributed by atoms with Crippen molar-refractivity contribution in [2.75, 3.05) is 19.8 Å². The Kier molecular flexibility index (Phi) is 23.1. The van der Waals surface area contributed by atoms with Crippen LogP contribution in [-0.2, 0) is 53.8 Å². The molecule has 0 saturated carbocycles. The summed E-state index contributed by atoms with van der Waals surface area (Å²) >= 11 is 0. The molecular formula is C18H39O8P2Ti+. The molecule has 0 heterocycles. The predicted molar refractivity (Wildman–Crippen MR) is 108 cm³/mol. The van der Waals surface area contributed by atoms with Gasteiger partial charge in [-0.1, -0.05) is 78.1 Å². The Morgan fingerprint density at radius 3 is 1.52 bits per heavy atom. The third-order valence-corrected chi connectivity index (χ3v) is 6.84. The number of hydrogen-bond donors (Lipinski definition) is 0. The third kappa shape index (κ3) is 20.6. The van der Waals surface area contributed by atoms with Crippen LogP contribution in [0.2, 0.25) is 0 Å². The maximum absolute atomic E-state index is 12.7. The standard InChI is InChI=1S/C18H40O8P2.Ti/c1-4-7-9-11-13-15-17-23-28(21,26-27(19,20)25-22-6-3)24-18-16-14-12-10-8-5-2;/h4-18H2,1-3H3,(H,19,20);/q;+2/p-1. The van der Waals surface area contributed by atoms with Crippen LogP contribution in [0.3, 0.4) is 0 Å². The van der Waals surface area contributed by atoms with Crippen molar-refractivity contribution >= 4 is 15.6 Å². The molecule has 11 heteroatoms. The molecule has 0 N–H and O–H groups in total. The van der Waals surface area contributed by atoms with Crippen molar-refractivity contribution in [1.29, 1.82) is 0 Å². The fraction of sp³-hybridized carbons (Fsp3) is 1.00. The van der Waals surface area contributed by atoms with Gasteiger partial charge in [-0.25, -0.2) is 13.8 Å². The van der Waals surface area contributed by atoms with Crippen molar-refractivity contribution < 1.29 is 58.7 Å². The molecule has 0 saturated heterocycles. The first-order valence-corrected chi connectivity index (χ1v) is 13.5. The van der Waals surface area contributed by atoms with Gasteiger partial charge in [0, 0.05) is 0 Å². The fourth-order valence-corrected chi connectivity index (χ4v) is 4.94. The molecule has 8 nitrogen and oxygen atoms in total. The molecule has 0 rings (SSSR count). The van der Waals surface area contributed by atoms with Gasteiger partial charge in [0.2, 0.25) is 0 Å². The van der Waals surface area contributed by atoms with E-state index in [1.54, 1.807) is 6.92 Å². The van der Waals surface area contributed by atoms with E-state index >= 15 is 0 Å². The van der Waals surface area contributed by atoms with E-state index in [2.05, 4.69) is 27.7 Å². The zero-order chi connectivity index (χ0) is 21.1. The van der Waals surface area contributed by atoms with Crippen LogP contribution in [0, 0.1) is 0 Å². The van der Waals surface area contributed by atoms with E-state index in [9.17, 15) is 14.0 Å². The number of hydrogen-bond acceptors (Lipinski definition) is 8. The van der Waals surface area contributed by atoms with E-state index in [0.29, 0.717) is 12.8 Å². The van der Waals surface area contributed by atoms with Crippen LogP contribution >= 0.6 is 15.6 Å². The summed E-state index contributed by atoms with van der Waals surface area (Å²) < 4.78 is 43.6. The molecule has 29 heavy (non-hydrogen) atoms. The second-order valence-electron chi connectivity index (χ2n) is 6.66. The Bertz CT molecular complexity index is 432. The van der Waals surface area contributed by atoms with Crippen molar-refractivity contribution in [1.82, 2.24) is 0 Å². The second-order valence-corrected chi connectivity index (χ2v) is 9.77. The summed E-state index contributed by atoms with van der Waals surface area (Å²) in [4.78, 5) is 16.1. The zero-order valence-electron chi connectivity index (χ0n) is 18.3. The second kappa shape index (κ2) is 20.8. The molecule has 0 aliphatic carbocycles. The number of unbranched alkanes of at least 4 members (excludes halogenated alkanes) is 10. The van der Waals surface area contributed by atoms with Gasteiger partial charge in [-0.2, -0.15) is 4.67 Å². The molecule has 0 aromatic rings. The van der Waals surface area contributed by atoms with Crippen LogP contribution in [0.4, 0.5) is 0 Å². The van der Waals surface area contributed by atoms with Crippen LogP contribution in [0.25, 0.3) is 0 Å². The molecular weight excluding hydrogens is 454 g/mol. The normalized spacial score (nSPS) is 13.8. The summed E-state index contributed by atoms with van der Waals surface area (Å²) in [5.74, 6) is 0. The van der Waals surface area contributed by atoms with Gasteiger partial charge in [-0.05, 0) is 19.8 Å². The van der Waals surface area contributed by atoms with Crippen molar-refractivity contribution in [3.8, 4) is 0 Å². The third-order valence-electron chi connectivity index (χ3n) is 3.96. The first-order chi connectivity index (χ1) is 13.4. The zero-order valence-corrected chi connectivity index (χ0v) is 21.6. The van der Waals surface area contributed by atoms with E-state index in [0.717, 1.165) is 51.4 Å². The van der Waals surface area contributed by atoms with E-state index in [1.165, 1.54) is 12.8 Å². The summed E-state index contributed by atoms with van der Waals surface area (Å²) in [5, 5.41) is 0. The topological polar surface area (TPSA) is 103 Å². The quantitative estimate of drug-likeness (QED) is 0.0604. The van der Waals surface area contributed by atoms with Gasteiger partial charge in [0.1, 0.15) is 0 Å². The van der Waals surface area contributed by atoms with Gasteiger partial charge < -0.3 is 4.89 Å². The maximum Gasteiger partial charge on any atom is 2.00 e. The van der Waals surface area contributed by atoms with Crippen LogP contribution in [0.1, 0.15) is 97.8 Å². The minimum Gasteiger partial charge on any atom is -0.754 e. The van der Waals surface area contributed by atoms with Gasteiger partial charge in [0.15, 0.2) is 0 Å². The Hall–Kier alpha value is 0.934. The van der Waals surface area contributed by atoms with E-state index in [4.69, 9.17) is 9.05 Å². The Morgan fingerprint density at radius 1 is 0.690 bits per heavy atom. The average Bonchev–Trinajstić information content (AvgIpc) is 2.64. The summed E-state index contributed by atoms with van der Waals surface area (Å²) in [5.41, 5.74) is 0. The van der Waals surface area contributed by atoms with Gasteiger partial charge in [0.25, 0.3) is 0 Å². The van der Waals surface area contributed by atoms with Gasteiger partial charge >= 0.3 is 37.4 Å². The average molecular weight is 493 g/mol. The smallest absolute Gasteiger partial charge is 0.754 e. The number of phosphoric acid groups is 2. The van der Waals surface area contributed by atoms with E-state index in [-0.39, 0.29) is 41.5 Å². The van der Waals surface area contributed by atoms with Crippen LogP contribution in [0.15, 0.2) is 0 Å². The van der Waals surface area contributed by atoms with Gasteiger partial charge in [-0.3, -0.25) is 13.6 Å². The molecule has 0 amide bonds. The molecule has 0 aromatic carbocycles. The van der Waals surface area contributed by atoms with Crippen molar-refractivity contribution in [2.24, 2.45) is 0 Å². The first-order valence-electron chi connectivity index (χ1n) is 10.6. The van der Waals surface area contributed by atoms with E-state index in [1.807, 2.05) is 0 Å². The summed E-state index contributed by atoms with van der Waals surface area (Å²) in [7, 11) is -9.24. The molecule has 0 spiro atoms. The molecule has 1 atom stereocenters.